The van der Waals surface area contributed by atoms with E-state index in [2.05, 4.69) is 191 Å². The zero-order chi connectivity index (χ0) is 34.2. The van der Waals surface area contributed by atoms with Gasteiger partial charge in [-0.05, 0) is 90.0 Å². The van der Waals surface area contributed by atoms with Crippen molar-refractivity contribution >= 4 is 102 Å². The number of aromatic nitrogens is 1. The predicted molar refractivity (Wildman–Crippen MR) is 227 cm³/mol. The highest BCUT2D eigenvalue weighted by molar-refractivity contribution is 7.26. The first kappa shape index (κ1) is 29.5. The Kier molecular flexibility index (Phi) is 6.63. The number of para-hydroxylation sites is 2. The second-order valence-electron chi connectivity index (χ2n) is 13.3. The predicted octanol–water partition coefficient (Wildman–Crippen LogP) is 14.7. The molecule has 3 heterocycles. The number of benzene rings is 8. The number of rotatable bonds is 5. The molecule has 0 amide bonds. The van der Waals surface area contributed by atoms with Crippen LogP contribution in [0.3, 0.4) is 0 Å². The van der Waals surface area contributed by atoms with Gasteiger partial charge in [-0.3, -0.25) is 0 Å². The summed E-state index contributed by atoms with van der Waals surface area (Å²) in [6.07, 6.45) is 0. The SMILES string of the molecule is c1ccc(-n2c3ccccc3c3ccc(N(c4ccc(-c5ccc6sc7ccccc7c6c5)cc4)c4cccc5sc6ccccc6c45)cc32)cc1. The quantitative estimate of drug-likeness (QED) is 0.174. The van der Waals surface area contributed by atoms with E-state index in [0.29, 0.717) is 0 Å². The minimum atomic E-state index is 1.12. The van der Waals surface area contributed by atoms with E-state index in [4.69, 9.17) is 0 Å². The summed E-state index contributed by atoms with van der Waals surface area (Å²) in [5, 5.41) is 7.72. The summed E-state index contributed by atoms with van der Waals surface area (Å²) in [6.45, 7) is 0. The van der Waals surface area contributed by atoms with Crippen LogP contribution >= 0.6 is 22.7 Å². The Morgan fingerprint density at radius 3 is 1.83 bits per heavy atom. The number of hydrogen-bond donors (Lipinski definition) is 0. The molecule has 0 N–H and O–H groups in total. The maximum Gasteiger partial charge on any atom is 0.0561 e. The zero-order valence-corrected chi connectivity index (χ0v) is 29.7. The van der Waals surface area contributed by atoms with Crippen LogP contribution in [-0.4, -0.2) is 4.57 Å². The topological polar surface area (TPSA) is 8.17 Å². The van der Waals surface area contributed by atoms with Crippen LogP contribution in [0.1, 0.15) is 0 Å². The van der Waals surface area contributed by atoms with Gasteiger partial charge in [0, 0.05) is 68.2 Å². The second kappa shape index (κ2) is 11.7. The summed E-state index contributed by atoms with van der Waals surface area (Å²) in [5.74, 6) is 0. The van der Waals surface area contributed by atoms with Crippen LogP contribution in [0.5, 0.6) is 0 Å². The van der Waals surface area contributed by atoms with Gasteiger partial charge in [-0.2, -0.15) is 0 Å². The minimum Gasteiger partial charge on any atom is -0.310 e. The zero-order valence-electron chi connectivity index (χ0n) is 28.0. The van der Waals surface area contributed by atoms with E-state index in [-0.39, 0.29) is 0 Å². The van der Waals surface area contributed by atoms with E-state index in [1.807, 2.05) is 22.7 Å². The van der Waals surface area contributed by atoms with Gasteiger partial charge in [0.1, 0.15) is 0 Å². The van der Waals surface area contributed by atoms with Crippen LogP contribution in [0.25, 0.3) is 79.0 Å². The standard InChI is InChI=1S/C48H30N2S2/c1-2-11-33(12-3-1)50-41-16-7-4-13-36(41)37-27-26-35(30-43(37)50)49(42-17-10-20-47-48(42)39-15-6-9-19-45(39)52-47)34-24-21-31(22-25-34)32-23-28-46-40(29-32)38-14-5-8-18-44(38)51-46/h1-30H. The van der Waals surface area contributed by atoms with Crippen LogP contribution in [0.2, 0.25) is 0 Å². The summed E-state index contributed by atoms with van der Waals surface area (Å²) in [6, 6.07) is 66.7. The number of anilines is 3. The van der Waals surface area contributed by atoms with Crippen molar-refractivity contribution in [1.82, 2.24) is 4.57 Å². The fraction of sp³-hybridized carbons (Fsp3) is 0. The monoisotopic (exact) mass is 698 g/mol. The molecule has 11 rings (SSSR count). The summed E-state index contributed by atoms with van der Waals surface area (Å²) in [7, 11) is 0. The molecule has 0 saturated carbocycles. The molecule has 0 bridgehead atoms. The molecule has 0 spiro atoms. The third-order valence-electron chi connectivity index (χ3n) is 10.4. The Labute approximate surface area is 308 Å². The van der Waals surface area contributed by atoms with Crippen molar-refractivity contribution in [3.8, 4) is 16.8 Å². The molecule has 0 fully saturated rings. The first-order valence-corrected chi connectivity index (χ1v) is 19.2. The van der Waals surface area contributed by atoms with E-state index in [0.717, 1.165) is 17.1 Å². The van der Waals surface area contributed by atoms with Gasteiger partial charge >= 0.3 is 0 Å². The maximum absolute atomic E-state index is 2.45. The smallest absolute Gasteiger partial charge is 0.0561 e. The lowest BCUT2D eigenvalue weighted by Crippen LogP contribution is -2.10. The molecule has 2 nitrogen and oxygen atoms in total. The van der Waals surface area contributed by atoms with E-state index in [1.54, 1.807) is 0 Å². The Morgan fingerprint density at radius 1 is 0.365 bits per heavy atom. The summed E-state index contributed by atoms with van der Waals surface area (Å²) in [5.41, 5.74) is 9.40. The van der Waals surface area contributed by atoms with E-state index < -0.39 is 0 Å². The van der Waals surface area contributed by atoms with Gasteiger partial charge in [0.05, 0.1) is 16.7 Å². The number of fused-ring (bicyclic) bond motifs is 9. The van der Waals surface area contributed by atoms with Gasteiger partial charge in [0.15, 0.2) is 0 Å². The fourth-order valence-corrected chi connectivity index (χ4v) is 10.2. The van der Waals surface area contributed by atoms with Crippen molar-refractivity contribution in [3.63, 3.8) is 0 Å². The molecule has 3 aromatic heterocycles. The van der Waals surface area contributed by atoms with Crippen LogP contribution in [-0.2, 0) is 0 Å². The van der Waals surface area contributed by atoms with Crippen molar-refractivity contribution in [2.45, 2.75) is 0 Å². The molecule has 0 aliphatic heterocycles. The van der Waals surface area contributed by atoms with Crippen molar-refractivity contribution < 1.29 is 0 Å². The molecule has 0 unspecified atom stereocenters. The van der Waals surface area contributed by atoms with Gasteiger partial charge in [0.2, 0.25) is 0 Å². The lowest BCUT2D eigenvalue weighted by atomic mass is 10.0. The first-order chi connectivity index (χ1) is 25.8. The average molecular weight is 699 g/mol. The number of hydrogen-bond acceptors (Lipinski definition) is 3. The lowest BCUT2D eigenvalue weighted by molar-refractivity contribution is 1.18. The Morgan fingerprint density at radius 2 is 0.981 bits per heavy atom. The van der Waals surface area contributed by atoms with Crippen molar-refractivity contribution in [2.75, 3.05) is 4.90 Å². The van der Waals surface area contributed by atoms with Crippen molar-refractivity contribution in [2.24, 2.45) is 0 Å². The molecule has 0 aliphatic carbocycles. The molecule has 0 aliphatic rings. The molecular formula is C48H30N2S2. The molecule has 52 heavy (non-hydrogen) atoms. The fourth-order valence-electron chi connectivity index (χ4n) is 8.03. The number of nitrogens with zero attached hydrogens (tertiary/aromatic N) is 2. The highest BCUT2D eigenvalue weighted by atomic mass is 32.1. The Hall–Kier alpha value is -6.20. The van der Waals surface area contributed by atoms with E-state index in [9.17, 15) is 0 Å². The third-order valence-corrected chi connectivity index (χ3v) is 12.7. The van der Waals surface area contributed by atoms with Gasteiger partial charge < -0.3 is 9.47 Å². The molecule has 11 aromatic rings. The minimum absolute atomic E-state index is 1.12. The normalized spacial score (nSPS) is 11.8. The highest BCUT2D eigenvalue weighted by Gasteiger charge is 2.21. The Balaban J connectivity index is 1.13. The number of thiophene rings is 2. The van der Waals surface area contributed by atoms with Crippen LogP contribution < -0.4 is 4.90 Å². The molecule has 244 valence electrons. The maximum atomic E-state index is 2.45. The highest BCUT2D eigenvalue weighted by Crippen LogP contribution is 2.46. The van der Waals surface area contributed by atoms with Crippen LogP contribution in [0, 0.1) is 0 Å². The van der Waals surface area contributed by atoms with Gasteiger partial charge in [-0.1, -0.05) is 103 Å². The lowest BCUT2D eigenvalue weighted by Gasteiger charge is -2.27. The molecular weight excluding hydrogens is 669 g/mol. The van der Waals surface area contributed by atoms with Crippen molar-refractivity contribution in [3.05, 3.63) is 182 Å². The first-order valence-electron chi connectivity index (χ1n) is 17.6. The molecule has 0 radical (unpaired) electrons. The largest absolute Gasteiger partial charge is 0.310 e. The molecule has 8 aromatic carbocycles. The molecule has 0 atom stereocenters. The second-order valence-corrected chi connectivity index (χ2v) is 15.5. The van der Waals surface area contributed by atoms with Gasteiger partial charge in [-0.25, -0.2) is 0 Å². The van der Waals surface area contributed by atoms with Crippen LogP contribution in [0.15, 0.2) is 182 Å². The average Bonchev–Trinajstić information content (AvgIpc) is 3.88. The van der Waals surface area contributed by atoms with Gasteiger partial charge in [-0.15, -0.1) is 22.7 Å². The van der Waals surface area contributed by atoms with Crippen LogP contribution in [0.4, 0.5) is 17.1 Å². The molecule has 4 heteroatoms. The van der Waals surface area contributed by atoms with E-state index >= 15 is 0 Å². The van der Waals surface area contributed by atoms with Gasteiger partial charge in [0.25, 0.3) is 0 Å². The molecule has 0 saturated heterocycles. The summed E-state index contributed by atoms with van der Waals surface area (Å²) < 4.78 is 7.65. The summed E-state index contributed by atoms with van der Waals surface area (Å²) in [4.78, 5) is 2.45. The third kappa shape index (κ3) is 4.55. The van der Waals surface area contributed by atoms with E-state index in [1.165, 1.54) is 79.0 Å². The summed E-state index contributed by atoms with van der Waals surface area (Å²) >= 11 is 3.72. The van der Waals surface area contributed by atoms with Crippen molar-refractivity contribution in [1.29, 1.82) is 0 Å². The Bertz CT molecular complexity index is 3130.